The lowest BCUT2D eigenvalue weighted by Gasteiger charge is -2.31. The average molecular weight is 621 g/mol. The van der Waals surface area contributed by atoms with Crippen LogP contribution in [0.15, 0.2) is 27.5 Å². The summed E-state index contributed by atoms with van der Waals surface area (Å²) >= 11 is 0. The molecule has 0 spiro atoms. The molecule has 6 nitrogen and oxygen atoms in total. The second-order valence-electron chi connectivity index (χ2n) is 13.9. The average Bonchev–Trinajstić information content (AvgIpc) is 3.46. The summed E-state index contributed by atoms with van der Waals surface area (Å²) in [6.07, 6.45) is 24.0. The van der Waals surface area contributed by atoms with Gasteiger partial charge in [-0.2, -0.15) is 0 Å². The van der Waals surface area contributed by atoms with E-state index in [1.165, 1.54) is 95.6 Å². The van der Waals surface area contributed by atoms with Crippen molar-refractivity contribution < 1.29 is 8.91 Å². The molecule has 0 saturated carbocycles. The summed E-state index contributed by atoms with van der Waals surface area (Å²) in [6, 6.07) is 4.68. The Balaban J connectivity index is 1.03. The van der Waals surface area contributed by atoms with Crippen LogP contribution in [0.3, 0.4) is 0 Å². The molecule has 248 valence electrons. The van der Waals surface area contributed by atoms with Gasteiger partial charge in [0.15, 0.2) is 5.58 Å². The van der Waals surface area contributed by atoms with Gasteiger partial charge in [-0.05, 0) is 70.7 Å². The lowest BCUT2D eigenvalue weighted by molar-refractivity contribution is 0.211. The van der Waals surface area contributed by atoms with E-state index in [4.69, 9.17) is 9.51 Å². The number of rotatable bonds is 18. The minimum atomic E-state index is -0.298. The molecule has 0 amide bonds. The fourth-order valence-electron chi connectivity index (χ4n) is 7.77. The van der Waals surface area contributed by atoms with Crippen LogP contribution in [0.4, 0.5) is 4.39 Å². The molecule has 7 heteroatoms. The first kappa shape index (κ1) is 33.8. The van der Waals surface area contributed by atoms with Crippen molar-refractivity contribution in [2.45, 2.75) is 154 Å². The molecule has 3 aromatic rings. The minimum absolute atomic E-state index is 0.198. The van der Waals surface area contributed by atoms with E-state index >= 15 is 0 Å². The zero-order valence-corrected chi connectivity index (χ0v) is 28.1. The summed E-state index contributed by atoms with van der Waals surface area (Å²) < 4.78 is 21.0. The number of unbranched alkanes of at least 4 members (excludes halogenated alkanes) is 12. The Kier molecular flexibility index (Phi) is 13.1. The summed E-state index contributed by atoms with van der Waals surface area (Å²) in [6.45, 7) is 7.92. The second-order valence-corrected chi connectivity index (χ2v) is 13.9. The van der Waals surface area contributed by atoms with Gasteiger partial charge in [-0.1, -0.05) is 95.6 Å². The molecular formula is C38H57FN4O2. The molecule has 45 heavy (non-hydrogen) atoms. The van der Waals surface area contributed by atoms with Crippen LogP contribution in [0.1, 0.15) is 157 Å². The van der Waals surface area contributed by atoms with E-state index in [2.05, 4.69) is 17.0 Å². The first-order valence-corrected chi connectivity index (χ1v) is 18.4. The lowest BCUT2D eigenvalue weighted by atomic mass is 9.91. The number of fused-ring (bicyclic) bond motifs is 2. The highest BCUT2D eigenvalue weighted by molar-refractivity contribution is 5.79. The van der Waals surface area contributed by atoms with E-state index in [1.54, 1.807) is 6.07 Å². The summed E-state index contributed by atoms with van der Waals surface area (Å²) in [5.41, 5.74) is 3.50. The molecule has 2 aliphatic rings. The highest BCUT2D eigenvalue weighted by Crippen LogP contribution is 2.33. The summed E-state index contributed by atoms with van der Waals surface area (Å²) in [4.78, 5) is 21.2. The Morgan fingerprint density at radius 2 is 1.56 bits per heavy atom. The van der Waals surface area contributed by atoms with Crippen molar-refractivity contribution in [1.29, 1.82) is 0 Å². The largest absolute Gasteiger partial charge is 0.356 e. The van der Waals surface area contributed by atoms with E-state index in [0.717, 1.165) is 92.9 Å². The third-order valence-corrected chi connectivity index (χ3v) is 10.6. The van der Waals surface area contributed by atoms with E-state index < -0.39 is 0 Å². The SMILES string of the molecule is CCCCCCCCCCCCCCCC1CCCn2c1nc(C)c(CCN1CCC(c3noc4cc(F)ccc34)CC1)c2=O. The quantitative estimate of drug-likeness (QED) is 0.133. The fraction of sp³-hybridized carbons (Fsp3) is 0.711. The normalized spacial score (nSPS) is 17.7. The molecule has 1 atom stereocenters. The zero-order valence-electron chi connectivity index (χ0n) is 28.1. The minimum Gasteiger partial charge on any atom is -0.356 e. The number of piperidine rings is 1. The van der Waals surface area contributed by atoms with Crippen LogP contribution in [-0.4, -0.2) is 39.2 Å². The molecule has 0 radical (unpaired) electrons. The maximum absolute atomic E-state index is 13.7. The Morgan fingerprint density at radius 1 is 0.889 bits per heavy atom. The Bertz CT molecular complexity index is 1390. The number of hydrogen-bond donors (Lipinski definition) is 0. The van der Waals surface area contributed by atoms with E-state index in [1.807, 2.05) is 11.5 Å². The van der Waals surface area contributed by atoms with Gasteiger partial charge >= 0.3 is 0 Å². The summed E-state index contributed by atoms with van der Waals surface area (Å²) in [5, 5.41) is 5.21. The standard InChI is InChI=1S/C38H57FN4O2/c1-3-4-5-6-7-8-9-10-11-12-13-14-15-17-31-18-16-24-43-37(31)40-29(2)33(38(43)44)23-27-42-25-21-30(22-26-42)36-34-20-19-32(39)28-35(34)45-41-36/h19-20,28,30-31H,3-18,21-27H2,1-2H3. The van der Waals surface area contributed by atoms with Crippen molar-refractivity contribution in [3.63, 3.8) is 0 Å². The highest BCUT2D eigenvalue weighted by Gasteiger charge is 2.27. The molecule has 1 unspecified atom stereocenters. The first-order valence-electron chi connectivity index (χ1n) is 18.4. The maximum atomic E-state index is 13.7. The highest BCUT2D eigenvalue weighted by atomic mass is 19.1. The van der Waals surface area contributed by atoms with Crippen molar-refractivity contribution in [2.75, 3.05) is 19.6 Å². The van der Waals surface area contributed by atoms with Crippen LogP contribution in [0, 0.1) is 12.7 Å². The molecule has 1 saturated heterocycles. The number of hydrogen-bond acceptors (Lipinski definition) is 5. The Labute approximate surface area is 270 Å². The fourth-order valence-corrected chi connectivity index (χ4v) is 7.77. The van der Waals surface area contributed by atoms with E-state index in [-0.39, 0.29) is 11.4 Å². The van der Waals surface area contributed by atoms with Gasteiger partial charge in [-0.25, -0.2) is 9.37 Å². The van der Waals surface area contributed by atoms with Gasteiger partial charge in [0.2, 0.25) is 0 Å². The van der Waals surface area contributed by atoms with E-state index in [0.29, 0.717) is 17.4 Å². The van der Waals surface area contributed by atoms with Gasteiger partial charge < -0.3 is 9.42 Å². The molecule has 5 rings (SSSR count). The number of aromatic nitrogens is 3. The molecule has 2 aliphatic heterocycles. The number of halogens is 1. The molecular weight excluding hydrogens is 563 g/mol. The molecule has 4 heterocycles. The van der Waals surface area contributed by atoms with Crippen LogP contribution >= 0.6 is 0 Å². The Hall–Kier alpha value is -2.54. The van der Waals surface area contributed by atoms with Crippen molar-refractivity contribution in [3.05, 3.63) is 57.1 Å². The summed E-state index contributed by atoms with van der Waals surface area (Å²) in [7, 11) is 0. The molecule has 0 aliphatic carbocycles. The molecule has 2 aromatic heterocycles. The van der Waals surface area contributed by atoms with Gasteiger partial charge in [0.05, 0.1) is 5.69 Å². The van der Waals surface area contributed by atoms with Crippen LogP contribution in [0.2, 0.25) is 0 Å². The number of benzene rings is 1. The van der Waals surface area contributed by atoms with Gasteiger partial charge in [0.1, 0.15) is 11.6 Å². The van der Waals surface area contributed by atoms with Crippen molar-refractivity contribution in [1.82, 2.24) is 19.6 Å². The van der Waals surface area contributed by atoms with Gasteiger partial charge in [-0.15, -0.1) is 0 Å². The molecule has 0 N–H and O–H groups in total. The zero-order chi connectivity index (χ0) is 31.4. The van der Waals surface area contributed by atoms with Crippen LogP contribution in [0.25, 0.3) is 11.0 Å². The van der Waals surface area contributed by atoms with Crippen molar-refractivity contribution in [2.24, 2.45) is 0 Å². The number of likely N-dealkylation sites (tertiary alicyclic amines) is 1. The predicted molar refractivity (Wildman–Crippen MR) is 182 cm³/mol. The van der Waals surface area contributed by atoms with Gasteiger partial charge in [0, 0.05) is 47.6 Å². The Morgan fingerprint density at radius 3 is 2.24 bits per heavy atom. The third-order valence-electron chi connectivity index (χ3n) is 10.6. The van der Waals surface area contributed by atoms with Crippen molar-refractivity contribution in [3.8, 4) is 0 Å². The van der Waals surface area contributed by atoms with Crippen LogP contribution in [0.5, 0.6) is 0 Å². The molecule has 0 bridgehead atoms. The lowest BCUT2D eigenvalue weighted by Crippen LogP contribution is -2.37. The smallest absolute Gasteiger partial charge is 0.256 e. The van der Waals surface area contributed by atoms with E-state index in [9.17, 15) is 9.18 Å². The third kappa shape index (κ3) is 9.27. The number of aryl methyl sites for hydroxylation is 1. The van der Waals surface area contributed by atoms with Crippen molar-refractivity contribution >= 4 is 11.0 Å². The predicted octanol–water partition coefficient (Wildman–Crippen LogP) is 9.61. The van der Waals surface area contributed by atoms with Gasteiger partial charge in [0.25, 0.3) is 5.56 Å². The second kappa shape index (κ2) is 17.4. The van der Waals surface area contributed by atoms with Crippen LogP contribution < -0.4 is 5.56 Å². The number of nitrogens with zero attached hydrogens (tertiary/aromatic N) is 4. The first-order chi connectivity index (χ1) is 22.0. The molecule has 1 aromatic carbocycles. The van der Waals surface area contributed by atoms with Crippen LogP contribution in [-0.2, 0) is 13.0 Å². The maximum Gasteiger partial charge on any atom is 0.256 e. The summed E-state index contributed by atoms with van der Waals surface area (Å²) in [5.74, 6) is 1.49. The van der Waals surface area contributed by atoms with Gasteiger partial charge in [-0.3, -0.25) is 9.36 Å². The molecule has 1 fully saturated rings. The topological polar surface area (TPSA) is 64.2 Å². The monoisotopic (exact) mass is 620 g/mol.